The minimum atomic E-state index is 0.0265. The van der Waals surface area contributed by atoms with Crippen molar-refractivity contribution in [3.8, 4) is 0 Å². The highest BCUT2D eigenvalue weighted by Crippen LogP contribution is 2.35. The van der Waals surface area contributed by atoms with Gasteiger partial charge in [0.15, 0.2) is 0 Å². The van der Waals surface area contributed by atoms with Gasteiger partial charge in [0.05, 0.1) is 24.2 Å². The number of thioether (sulfide) groups is 1. The second-order valence-electron chi connectivity index (χ2n) is 7.37. The van der Waals surface area contributed by atoms with E-state index in [0.717, 1.165) is 24.5 Å². The summed E-state index contributed by atoms with van der Waals surface area (Å²) in [6.07, 6.45) is 1.80. The number of amides is 1. The van der Waals surface area contributed by atoms with E-state index in [1.807, 2.05) is 48.5 Å². The summed E-state index contributed by atoms with van der Waals surface area (Å²) in [4.78, 5) is 19.5. The van der Waals surface area contributed by atoms with Gasteiger partial charge in [-0.1, -0.05) is 66.7 Å². The van der Waals surface area contributed by atoms with Crippen LogP contribution in [0.5, 0.6) is 0 Å². The lowest BCUT2D eigenvalue weighted by Crippen LogP contribution is -2.38. The fourth-order valence-electron chi connectivity index (χ4n) is 3.67. The molecule has 160 valence electrons. The quantitative estimate of drug-likeness (QED) is 0.581. The van der Waals surface area contributed by atoms with Crippen molar-refractivity contribution in [1.29, 1.82) is 0 Å². The number of hydrogen-bond acceptors (Lipinski definition) is 5. The van der Waals surface area contributed by atoms with Gasteiger partial charge in [0.2, 0.25) is 5.91 Å². The molecule has 1 fully saturated rings. The Morgan fingerprint density at radius 1 is 0.968 bits per heavy atom. The molecule has 6 heteroatoms. The number of nitrogens with one attached hydrogen (secondary N) is 1. The van der Waals surface area contributed by atoms with Crippen LogP contribution in [-0.4, -0.2) is 42.9 Å². The van der Waals surface area contributed by atoms with Crippen molar-refractivity contribution < 1.29 is 9.53 Å². The van der Waals surface area contributed by atoms with Gasteiger partial charge < -0.3 is 15.0 Å². The van der Waals surface area contributed by atoms with Gasteiger partial charge in [-0.2, -0.15) is 0 Å². The van der Waals surface area contributed by atoms with Gasteiger partial charge in [-0.25, -0.2) is 4.98 Å². The second-order valence-corrected chi connectivity index (χ2v) is 8.47. The number of morpholine rings is 1. The normalized spacial score (nSPS) is 13.9. The van der Waals surface area contributed by atoms with Crippen molar-refractivity contribution >= 4 is 23.5 Å². The first kappa shape index (κ1) is 21.4. The number of hydrogen-bond donors (Lipinski definition) is 1. The number of rotatable bonds is 8. The molecule has 0 radical (unpaired) electrons. The Hall–Kier alpha value is -2.83. The second kappa shape index (κ2) is 11.0. The topological polar surface area (TPSA) is 54.5 Å². The molecule has 2 heterocycles. The number of carbonyl (C=O) groups excluding carboxylic acids is 1. The number of nitrogens with zero attached hydrogens (tertiary/aromatic N) is 2. The summed E-state index contributed by atoms with van der Waals surface area (Å²) in [6.45, 7) is 3.54. The third-order valence-electron chi connectivity index (χ3n) is 5.24. The van der Waals surface area contributed by atoms with E-state index in [-0.39, 0.29) is 11.2 Å². The van der Waals surface area contributed by atoms with E-state index in [1.54, 1.807) is 18.0 Å². The van der Waals surface area contributed by atoms with Crippen LogP contribution in [0.1, 0.15) is 21.9 Å². The number of aromatic nitrogens is 1. The maximum Gasteiger partial charge on any atom is 0.230 e. The first-order valence-electron chi connectivity index (χ1n) is 10.6. The van der Waals surface area contributed by atoms with Crippen molar-refractivity contribution in [3.05, 3.63) is 95.7 Å². The Labute approximate surface area is 187 Å². The van der Waals surface area contributed by atoms with Crippen LogP contribution >= 0.6 is 11.8 Å². The standard InChI is InChI=1S/C25H27N3O2S/c29-23(27-18-22-12-7-13-26-25(22)28-14-16-30-17-15-28)19-31-24(20-8-3-1-4-9-20)21-10-5-2-6-11-21/h1-13,24H,14-19H2,(H,27,29). The number of benzene rings is 2. The summed E-state index contributed by atoms with van der Waals surface area (Å²) in [5.74, 6) is 1.35. The van der Waals surface area contributed by atoms with Crippen LogP contribution in [0.4, 0.5) is 5.82 Å². The molecule has 0 atom stereocenters. The fourth-order valence-corrected chi connectivity index (χ4v) is 4.79. The van der Waals surface area contributed by atoms with Crippen LogP contribution in [0.3, 0.4) is 0 Å². The number of pyridine rings is 1. The molecule has 0 saturated carbocycles. The largest absolute Gasteiger partial charge is 0.378 e. The predicted molar refractivity (Wildman–Crippen MR) is 126 cm³/mol. The zero-order valence-electron chi connectivity index (χ0n) is 17.4. The molecule has 1 amide bonds. The number of anilines is 1. The van der Waals surface area contributed by atoms with Crippen molar-refractivity contribution in [2.75, 3.05) is 37.0 Å². The molecule has 1 saturated heterocycles. The summed E-state index contributed by atoms with van der Waals surface area (Å²) < 4.78 is 5.44. The van der Waals surface area contributed by atoms with Crippen LogP contribution in [0.2, 0.25) is 0 Å². The molecule has 1 aliphatic heterocycles. The molecule has 4 rings (SSSR count). The van der Waals surface area contributed by atoms with Gasteiger partial charge >= 0.3 is 0 Å². The molecule has 1 aliphatic rings. The average Bonchev–Trinajstić information content (AvgIpc) is 2.85. The van der Waals surface area contributed by atoms with Crippen molar-refractivity contribution in [2.45, 2.75) is 11.8 Å². The predicted octanol–water partition coefficient (Wildman–Crippen LogP) is 4.06. The maximum atomic E-state index is 12.7. The molecule has 0 unspecified atom stereocenters. The SMILES string of the molecule is O=C(CSC(c1ccccc1)c1ccccc1)NCc1cccnc1N1CCOCC1. The van der Waals surface area contributed by atoms with Crippen LogP contribution in [-0.2, 0) is 16.1 Å². The molecule has 1 N–H and O–H groups in total. The molecular weight excluding hydrogens is 406 g/mol. The van der Waals surface area contributed by atoms with Crippen LogP contribution in [0.15, 0.2) is 79.0 Å². The number of carbonyl (C=O) groups is 1. The summed E-state index contributed by atoms with van der Waals surface area (Å²) in [5, 5.41) is 3.20. The van der Waals surface area contributed by atoms with Crippen LogP contribution < -0.4 is 10.2 Å². The van der Waals surface area contributed by atoms with E-state index in [2.05, 4.69) is 39.5 Å². The molecule has 5 nitrogen and oxygen atoms in total. The highest BCUT2D eigenvalue weighted by Gasteiger charge is 2.18. The molecule has 3 aromatic rings. The van der Waals surface area contributed by atoms with E-state index >= 15 is 0 Å². The van der Waals surface area contributed by atoms with Crippen molar-refractivity contribution in [2.24, 2.45) is 0 Å². The smallest absolute Gasteiger partial charge is 0.230 e. The summed E-state index contributed by atoms with van der Waals surface area (Å²) >= 11 is 1.65. The minimum Gasteiger partial charge on any atom is -0.378 e. The molecule has 0 aliphatic carbocycles. The molecule has 31 heavy (non-hydrogen) atoms. The summed E-state index contributed by atoms with van der Waals surface area (Å²) in [5.41, 5.74) is 3.44. The molecule has 0 spiro atoms. The van der Waals surface area contributed by atoms with E-state index in [1.165, 1.54) is 11.1 Å². The Bertz CT molecular complexity index is 923. The lowest BCUT2D eigenvalue weighted by molar-refractivity contribution is -0.118. The molecule has 0 bridgehead atoms. The summed E-state index contributed by atoms with van der Waals surface area (Å²) in [6, 6.07) is 24.6. The average molecular weight is 434 g/mol. The molecule has 2 aromatic carbocycles. The van der Waals surface area contributed by atoms with E-state index in [0.29, 0.717) is 25.5 Å². The first-order valence-corrected chi connectivity index (χ1v) is 11.6. The lowest BCUT2D eigenvalue weighted by atomic mass is 10.0. The molecule has 1 aromatic heterocycles. The Morgan fingerprint density at radius 2 is 1.61 bits per heavy atom. The van der Waals surface area contributed by atoms with E-state index in [4.69, 9.17) is 4.74 Å². The fraction of sp³-hybridized carbons (Fsp3) is 0.280. The third-order valence-corrected chi connectivity index (χ3v) is 6.55. The van der Waals surface area contributed by atoms with Gasteiger partial charge in [0.1, 0.15) is 5.82 Å². The Balaban J connectivity index is 1.37. The zero-order valence-corrected chi connectivity index (χ0v) is 18.3. The van der Waals surface area contributed by atoms with Gasteiger partial charge in [0.25, 0.3) is 0 Å². The van der Waals surface area contributed by atoms with Gasteiger partial charge in [-0.3, -0.25) is 4.79 Å². The van der Waals surface area contributed by atoms with Crippen LogP contribution in [0, 0.1) is 0 Å². The Morgan fingerprint density at radius 3 is 2.26 bits per heavy atom. The number of ether oxygens (including phenoxy) is 1. The monoisotopic (exact) mass is 433 g/mol. The highest BCUT2D eigenvalue weighted by atomic mass is 32.2. The Kier molecular flexibility index (Phi) is 7.58. The minimum absolute atomic E-state index is 0.0265. The van der Waals surface area contributed by atoms with Gasteiger partial charge in [0, 0.05) is 31.4 Å². The van der Waals surface area contributed by atoms with Gasteiger partial charge in [-0.15, -0.1) is 11.8 Å². The maximum absolute atomic E-state index is 12.7. The highest BCUT2D eigenvalue weighted by molar-refractivity contribution is 8.00. The van der Waals surface area contributed by atoms with Crippen molar-refractivity contribution in [3.63, 3.8) is 0 Å². The third kappa shape index (κ3) is 5.87. The lowest BCUT2D eigenvalue weighted by Gasteiger charge is -2.29. The van der Waals surface area contributed by atoms with E-state index in [9.17, 15) is 4.79 Å². The zero-order chi connectivity index (χ0) is 21.3. The summed E-state index contributed by atoms with van der Waals surface area (Å²) in [7, 11) is 0. The molecular formula is C25H27N3O2S. The van der Waals surface area contributed by atoms with Gasteiger partial charge in [-0.05, 0) is 17.2 Å². The van der Waals surface area contributed by atoms with Crippen molar-refractivity contribution in [1.82, 2.24) is 10.3 Å². The first-order chi connectivity index (χ1) is 15.3. The van der Waals surface area contributed by atoms with E-state index < -0.39 is 0 Å². The van der Waals surface area contributed by atoms with Crippen LogP contribution in [0.25, 0.3) is 0 Å².